The third kappa shape index (κ3) is 1.87. The van der Waals surface area contributed by atoms with E-state index in [1.807, 2.05) is 31.2 Å². The van der Waals surface area contributed by atoms with E-state index in [-0.39, 0.29) is 0 Å². The molecule has 0 saturated carbocycles. The molecule has 0 aliphatic carbocycles. The average Bonchev–Trinajstić information content (AvgIpc) is 2.82. The SMILES string of the molecule is Cc1ccc(-c2nc3ccc(C)c(C)c3o2)cc1N. The zero-order valence-electron chi connectivity index (χ0n) is 11.3. The van der Waals surface area contributed by atoms with Gasteiger partial charge in [-0.25, -0.2) is 4.98 Å². The van der Waals surface area contributed by atoms with Gasteiger partial charge < -0.3 is 10.2 Å². The van der Waals surface area contributed by atoms with E-state index < -0.39 is 0 Å². The predicted molar refractivity (Wildman–Crippen MR) is 78.1 cm³/mol. The lowest BCUT2D eigenvalue weighted by Gasteiger charge is -2.01. The van der Waals surface area contributed by atoms with Crippen LogP contribution in [0.1, 0.15) is 16.7 Å². The summed E-state index contributed by atoms with van der Waals surface area (Å²) in [6.07, 6.45) is 0. The van der Waals surface area contributed by atoms with Crippen LogP contribution in [-0.4, -0.2) is 4.98 Å². The van der Waals surface area contributed by atoms with Crippen molar-refractivity contribution in [2.75, 3.05) is 5.73 Å². The molecular weight excluding hydrogens is 236 g/mol. The molecule has 0 radical (unpaired) electrons. The maximum Gasteiger partial charge on any atom is 0.227 e. The molecule has 3 rings (SSSR count). The van der Waals surface area contributed by atoms with E-state index in [4.69, 9.17) is 10.2 Å². The molecular formula is C16H16N2O. The first-order valence-corrected chi connectivity index (χ1v) is 6.29. The topological polar surface area (TPSA) is 52.0 Å². The van der Waals surface area contributed by atoms with Gasteiger partial charge in [0.15, 0.2) is 5.58 Å². The van der Waals surface area contributed by atoms with Crippen LogP contribution in [0.5, 0.6) is 0 Å². The Morgan fingerprint density at radius 3 is 2.47 bits per heavy atom. The van der Waals surface area contributed by atoms with Crippen molar-refractivity contribution in [1.29, 1.82) is 0 Å². The summed E-state index contributed by atoms with van der Waals surface area (Å²) in [5.41, 5.74) is 12.8. The molecule has 0 amide bonds. The van der Waals surface area contributed by atoms with Gasteiger partial charge in [-0.15, -0.1) is 0 Å². The number of rotatable bonds is 1. The number of fused-ring (bicyclic) bond motifs is 1. The molecule has 3 nitrogen and oxygen atoms in total. The van der Waals surface area contributed by atoms with E-state index in [1.54, 1.807) is 0 Å². The van der Waals surface area contributed by atoms with Gasteiger partial charge in [-0.1, -0.05) is 12.1 Å². The Bertz CT molecular complexity index is 772. The fourth-order valence-electron chi connectivity index (χ4n) is 2.12. The second-order valence-corrected chi connectivity index (χ2v) is 4.95. The van der Waals surface area contributed by atoms with Crippen LogP contribution in [0.15, 0.2) is 34.7 Å². The van der Waals surface area contributed by atoms with Gasteiger partial charge in [0, 0.05) is 11.3 Å². The Hall–Kier alpha value is -2.29. The normalized spacial score (nSPS) is 11.1. The zero-order valence-corrected chi connectivity index (χ0v) is 11.3. The Morgan fingerprint density at radius 2 is 1.74 bits per heavy atom. The molecule has 0 spiro atoms. The molecule has 96 valence electrons. The lowest BCUT2D eigenvalue weighted by molar-refractivity contribution is 0.617. The van der Waals surface area contributed by atoms with Crippen molar-refractivity contribution >= 4 is 16.8 Å². The minimum absolute atomic E-state index is 0.621. The van der Waals surface area contributed by atoms with E-state index in [9.17, 15) is 0 Å². The van der Waals surface area contributed by atoms with E-state index >= 15 is 0 Å². The van der Waals surface area contributed by atoms with Crippen LogP contribution in [0, 0.1) is 20.8 Å². The van der Waals surface area contributed by atoms with Crippen molar-refractivity contribution < 1.29 is 4.42 Å². The molecule has 0 aliphatic rings. The van der Waals surface area contributed by atoms with Crippen LogP contribution >= 0.6 is 0 Å². The summed E-state index contributed by atoms with van der Waals surface area (Å²) in [6, 6.07) is 9.92. The number of anilines is 1. The van der Waals surface area contributed by atoms with Gasteiger partial charge in [0.05, 0.1) is 0 Å². The molecule has 0 saturated heterocycles. The van der Waals surface area contributed by atoms with Crippen molar-refractivity contribution in [3.05, 3.63) is 47.0 Å². The first-order chi connectivity index (χ1) is 9.06. The number of nitrogen functional groups attached to an aromatic ring is 1. The molecule has 2 aromatic carbocycles. The number of aryl methyl sites for hydroxylation is 3. The van der Waals surface area contributed by atoms with Gasteiger partial charge in [0.25, 0.3) is 0 Å². The first-order valence-electron chi connectivity index (χ1n) is 6.29. The molecule has 0 aliphatic heterocycles. The van der Waals surface area contributed by atoms with Gasteiger partial charge in [0.2, 0.25) is 5.89 Å². The molecule has 2 N–H and O–H groups in total. The third-order valence-electron chi connectivity index (χ3n) is 3.60. The number of nitrogens with zero attached hydrogens (tertiary/aromatic N) is 1. The second kappa shape index (κ2) is 4.12. The minimum atomic E-state index is 0.621. The van der Waals surface area contributed by atoms with Crippen molar-refractivity contribution in [2.45, 2.75) is 20.8 Å². The summed E-state index contributed by atoms with van der Waals surface area (Å²) < 4.78 is 5.89. The Labute approximate surface area is 112 Å². The smallest absolute Gasteiger partial charge is 0.227 e. The molecule has 0 unspecified atom stereocenters. The van der Waals surface area contributed by atoms with Crippen LogP contribution in [0.25, 0.3) is 22.6 Å². The van der Waals surface area contributed by atoms with Crippen molar-refractivity contribution in [1.82, 2.24) is 4.98 Å². The Balaban J connectivity index is 2.20. The number of aromatic nitrogens is 1. The van der Waals surface area contributed by atoms with Crippen LogP contribution in [-0.2, 0) is 0 Å². The number of oxazole rings is 1. The minimum Gasteiger partial charge on any atom is -0.436 e. The van der Waals surface area contributed by atoms with E-state index in [0.717, 1.165) is 33.5 Å². The third-order valence-corrected chi connectivity index (χ3v) is 3.60. The molecule has 3 heteroatoms. The number of hydrogen-bond donors (Lipinski definition) is 1. The van der Waals surface area contributed by atoms with Crippen LogP contribution in [0.4, 0.5) is 5.69 Å². The average molecular weight is 252 g/mol. The molecule has 0 atom stereocenters. The van der Waals surface area contributed by atoms with Gasteiger partial charge in [0.1, 0.15) is 5.52 Å². The maximum atomic E-state index is 5.94. The highest BCUT2D eigenvalue weighted by molar-refractivity contribution is 5.80. The predicted octanol–water partition coefficient (Wildman–Crippen LogP) is 4.00. The summed E-state index contributed by atoms with van der Waals surface area (Å²) in [5.74, 6) is 0.621. The van der Waals surface area contributed by atoms with E-state index in [1.165, 1.54) is 5.56 Å². The summed E-state index contributed by atoms with van der Waals surface area (Å²) in [6.45, 7) is 6.11. The quantitative estimate of drug-likeness (QED) is 0.666. The summed E-state index contributed by atoms with van der Waals surface area (Å²) in [7, 11) is 0. The highest BCUT2D eigenvalue weighted by atomic mass is 16.3. The van der Waals surface area contributed by atoms with Crippen LogP contribution in [0.3, 0.4) is 0 Å². The molecule has 1 heterocycles. The maximum absolute atomic E-state index is 5.94. The van der Waals surface area contributed by atoms with E-state index in [0.29, 0.717) is 5.89 Å². The highest BCUT2D eigenvalue weighted by Crippen LogP contribution is 2.29. The molecule has 0 fully saturated rings. The summed E-state index contributed by atoms with van der Waals surface area (Å²) in [5, 5.41) is 0. The van der Waals surface area contributed by atoms with Gasteiger partial charge >= 0.3 is 0 Å². The van der Waals surface area contributed by atoms with Gasteiger partial charge in [-0.3, -0.25) is 0 Å². The fraction of sp³-hybridized carbons (Fsp3) is 0.188. The Morgan fingerprint density at radius 1 is 1.00 bits per heavy atom. The highest BCUT2D eigenvalue weighted by Gasteiger charge is 2.11. The van der Waals surface area contributed by atoms with Crippen LogP contribution in [0.2, 0.25) is 0 Å². The van der Waals surface area contributed by atoms with Gasteiger partial charge in [-0.2, -0.15) is 0 Å². The first kappa shape index (κ1) is 11.8. The summed E-state index contributed by atoms with van der Waals surface area (Å²) >= 11 is 0. The van der Waals surface area contributed by atoms with Crippen molar-refractivity contribution in [3.8, 4) is 11.5 Å². The zero-order chi connectivity index (χ0) is 13.6. The Kier molecular flexibility index (Phi) is 2.56. The molecule has 1 aromatic heterocycles. The lowest BCUT2D eigenvalue weighted by atomic mass is 10.1. The number of benzene rings is 2. The van der Waals surface area contributed by atoms with Crippen molar-refractivity contribution in [3.63, 3.8) is 0 Å². The monoisotopic (exact) mass is 252 g/mol. The largest absolute Gasteiger partial charge is 0.436 e. The number of hydrogen-bond acceptors (Lipinski definition) is 3. The lowest BCUT2D eigenvalue weighted by Crippen LogP contribution is -1.89. The standard InChI is InChI=1S/C16H16N2O/c1-9-5-7-14-15(11(9)3)19-16(18-14)12-6-4-10(2)13(17)8-12/h4-8H,17H2,1-3H3. The van der Waals surface area contributed by atoms with E-state index in [2.05, 4.69) is 24.9 Å². The number of nitrogens with two attached hydrogens (primary N) is 1. The van der Waals surface area contributed by atoms with Crippen molar-refractivity contribution in [2.24, 2.45) is 0 Å². The van der Waals surface area contributed by atoms with Gasteiger partial charge in [-0.05, 0) is 55.7 Å². The molecule has 3 aromatic rings. The molecule has 19 heavy (non-hydrogen) atoms. The van der Waals surface area contributed by atoms with Crippen LogP contribution < -0.4 is 5.73 Å². The fourth-order valence-corrected chi connectivity index (χ4v) is 2.12. The summed E-state index contributed by atoms with van der Waals surface area (Å²) in [4.78, 5) is 4.53. The molecule has 0 bridgehead atoms. The second-order valence-electron chi connectivity index (χ2n) is 4.95.